The van der Waals surface area contributed by atoms with Crippen LogP contribution >= 0.6 is 0 Å². The highest BCUT2D eigenvalue weighted by Crippen LogP contribution is 2.30. The smallest absolute Gasteiger partial charge is 0.311 e. The molecule has 6 nitrogen and oxygen atoms in total. The maximum atomic E-state index is 12.6. The molecule has 6 heteroatoms. The van der Waals surface area contributed by atoms with Crippen LogP contribution in [0.3, 0.4) is 0 Å². The topological polar surface area (TPSA) is 75.4 Å². The average molecular weight is 307 g/mol. The summed E-state index contributed by atoms with van der Waals surface area (Å²) in [5.41, 5.74) is 2.26. The summed E-state index contributed by atoms with van der Waals surface area (Å²) in [7, 11) is 1.91. The fourth-order valence-corrected chi connectivity index (χ4v) is 3.21. The summed E-state index contributed by atoms with van der Waals surface area (Å²) < 4.78 is 1.85. The molecule has 1 N–H and O–H groups in total. The first kappa shape index (κ1) is 16.5. The Kier molecular flexibility index (Phi) is 4.58. The molecular weight excluding hydrogens is 282 g/mol. The van der Waals surface area contributed by atoms with Gasteiger partial charge in [0.15, 0.2) is 0 Å². The van der Waals surface area contributed by atoms with E-state index in [-0.39, 0.29) is 5.91 Å². The number of nitrogens with zero attached hydrogens (tertiary/aromatic N) is 3. The number of hydrogen-bond donors (Lipinski definition) is 1. The predicted octanol–water partition coefficient (Wildman–Crippen LogP) is 1.41. The van der Waals surface area contributed by atoms with Crippen molar-refractivity contribution in [3.05, 3.63) is 17.0 Å². The number of carbonyl (C=O) groups excluding carboxylic acids is 1. The number of carboxylic acids is 1. The van der Waals surface area contributed by atoms with E-state index in [1.807, 2.05) is 18.7 Å². The van der Waals surface area contributed by atoms with E-state index >= 15 is 0 Å². The minimum atomic E-state index is -0.826. The van der Waals surface area contributed by atoms with Crippen LogP contribution in [0.1, 0.15) is 44.1 Å². The molecule has 122 valence electrons. The zero-order valence-electron chi connectivity index (χ0n) is 13.8. The molecule has 1 unspecified atom stereocenters. The summed E-state index contributed by atoms with van der Waals surface area (Å²) in [5.74, 6) is -0.824. The lowest BCUT2D eigenvalue weighted by molar-refractivity contribution is -0.147. The van der Waals surface area contributed by atoms with Gasteiger partial charge in [-0.05, 0) is 26.2 Å². The third-order valence-electron chi connectivity index (χ3n) is 4.70. The molecule has 0 aliphatic carbocycles. The number of aliphatic carboxylic acids is 1. The Morgan fingerprint density at radius 1 is 1.32 bits per heavy atom. The molecule has 1 aliphatic heterocycles. The monoisotopic (exact) mass is 307 g/mol. The van der Waals surface area contributed by atoms with Gasteiger partial charge in [0.1, 0.15) is 0 Å². The van der Waals surface area contributed by atoms with Crippen LogP contribution in [0, 0.1) is 5.41 Å². The third kappa shape index (κ3) is 2.87. The summed E-state index contributed by atoms with van der Waals surface area (Å²) in [6, 6.07) is 0. The van der Waals surface area contributed by atoms with E-state index in [1.54, 1.807) is 11.8 Å². The zero-order valence-corrected chi connectivity index (χ0v) is 13.8. The number of hydrogen-bond acceptors (Lipinski definition) is 3. The lowest BCUT2D eigenvalue weighted by atomic mass is 9.90. The Morgan fingerprint density at radius 3 is 2.50 bits per heavy atom. The molecule has 2 heterocycles. The second-order valence-corrected chi connectivity index (χ2v) is 6.31. The van der Waals surface area contributed by atoms with Crippen molar-refractivity contribution in [2.45, 2.75) is 46.5 Å². The van der Waals surface area contributed by atoms with E-state index in [2.05, 4.69) is 12.0 Å². The summed E-state index contributed by atoms with van der Waals surface area (Å²) in [4.78, 5) is 25.5. The van der Waals surface area contributed by atoms with Crippen LogP contribution in [0.25, 0.3) is 0 Å². The Hall–Kier alpha value is -1.85. The molecule has 0 saturated carbocycles. The van der Waals surface area contributed by atoms with Gasteiger partial charge in [0.05, 0.1) is 17.5 Å². The highest BCUT2D eigenvalue weighted by Gasteiger charge is 2.42. The van der Waals surface area contributed by atoms with Crippen molar-refractivity contribution in [2.24, 2.45) is 12.5 Å². The summed E-state index contributed by atoms with van der Waals surface area (Å²) in [6.07, 6.45) is 2.46. The van der Waals surface area contributed by atoms with Gasteiger partial charge in [-0.25, -0.2) is 0 Å². The lowest BCUT2D eigenvalue weighted by Gasteiger charge is -2.20. The number of rotatable bonds is 5. The standard InChI is InChI=1S/C16H25N3O3/c1-5-12-11(13(6-2)18(4)17-12)9-14(20)19-8-7-16(3,10-19)15(21)22/h5-10H2,1-4H3,(H,21,22). The first-order valence-electron chi connectivity index (χ1n) is 7.87. The average Bonchev–Trinajstić information content (AvgIpc) is 3.01. The van der Waals surface area contributed by atoms with Crippen molar-refractivity contribution in [3.8, 4) is 0 Å². The van der Waals surface area contributed by atoms with Crippen LogP contribution < -0.4 is 0 Å². The Labute approximate surface area is 131 Å². The Morgan fingerprint density at radius 2 is 2.00 bits per heavy atom. The Bertz CT molecular complexity index is 594. The maximum Gasteiger partial charge on any atom is 0.311 e. The second kappa shape index (κ2) is 6.10. The molecule has 2 rings (SSSR count). The minimum absolute atomic E-state index is 0.00220. The molecule has 1 saturated heterocycles. The molecule has 1 atom stereocenters. The highest BCUT2D eigenvalue weighted by molar-refractivity contribution is 5.82. The van der Waals surface area contributed by atoms with Gasteiger partial charge in [-0.2, -0.15) is 5.10 Å². The van der Waals surface area contributed by atoms with Crippen LogP contribution in [0.4, 0.5) is 0 Å². The molecular formula is C16H25N3O3. The number of aryl methyl sites for hydroxylation is 2. The number of amides is 1. The minimum Gasteiger partial charge on any atom is -0.481 e. The molecule has 1 aromatic rings. The van der Waals surface area contributed by atoms with Crippen LogP contribution in [0.5, 0.6) is 0 Å². The number of likely N-dealkylation sites (tertiary alicyclic amines) is 1. The van der Waals surface area contributed by atoms with Gasteiger partial charge in [0, 0.05) is 31.4 Å². The molecule has 1 aromatic heterocycles. The van der Waals surface area contributed by atoms with E-state index in [0.29, 0.717) is 25.9 Å². The van der Waals surface area contributed by atoms with Gasteiger partial charge in [0.25, 0.3) is 0 Å². The molecule has 1 aliphatic rings. The number of aromatic nitrogens is 2. The van der Waals surface area contributed by atoms with Crippen molar-refractivity contribution in [3.63, 3.8) is 0 Å². The van der Waals surface area contributed by atoms with Crippen molar-refractivity contribution < 1.29 is 14.7 Å². The van der Waals surface area contributed by atoms with E-state index in [4.69, 9.17) is 0 Å². The van der Waals surface area contributed by atoms with Crippen LogP contribution in [-0.2, 0) is 35.9 Å². The van der Waals surface area contributed by atoms with E-state index in [0.717, 1.165) is 29.8 Å². The van der Waals surface area contributed by atoms with Gasteiger partial charge >= 0.3 is 5.97 Å². The predicted molar refractivity (Wildman–Crippen MR) is 82.6 cm³/mol. The molecule has 1 amide bonds. The van der Waals surface area contributed by atoms with E-state index in [1.165, 1.54) is 0 Å². The van der Waals surface area contributed by atoms with Gasteiger partial charge in [-0.3, -0.25) is 14.3 Å². The normalized spacial score (nSPS) is 21.4. The van der Waals surface area contributed by atoms with Gasteiger partial charge in [-0.15, -0.1) is 0 Å². The molecule has 0 radical (unpaired) electrons. The number of carbonyl (C=O) groups is 2. The summed E-state index contributed by atoms with van der Waals surface area (Å²) in [5, 5.41) is 13.8. The quantitative estimate of drug-likeness (QED) is 0.892. The van der Waals surface area contributed by atoms with Gasteiger partial charge in [0.2, 0.25) is 5.91 Å². The van der Waals surface area contributed by atoms with Crippen molar-refractivity contribution in [1.29, 1.82) is 0 Å². The van der Waals surface area contributed by atoms with E-state index < -0.39 is 11.4 Å². The first-order chi connectivity index (χ1) is 10.3. The fraction of sp³-hybridized carbons (Fsp3) is 0.688. The summed E-state index contributed by atoms with van der Waals surface area (Å²) in [6.45, 7) is 6.62. The molecule has 22 heavy (non-hydrogen) atoms. The SMILES string of the molecule is CCc1nn(C)c(CC)c1CC(=O)N1CCC(C)(C(=O)O)C1. The number of carboxylic acid groups (broad SMARTS) is 1. The summed E-state index contributed by atoms with van der Waals surface area (Å²) >= 11 is 0. The highest BCUT2D eigenvalue weighted by atomic mass is 16.4. The Balaban J connectivity index is 2.15. The molecule has 1 fully saturated rings. The van der Waals surface area contributed by atoms with E-state index in [9.17, 15) is 14.7 Å². The van der Waals surface area contributed by atoms with Crippen LogP contribution in [-0.4, -0.2) is 44.8 Å². The van der Waals surface area contributed by atoms with Crippen molar-refractivity contribution in [1.82, 2.24) is 14.7 Å². The lowest BCUT2D eigenvalue weighted by Crippen LogP contribution is -2.35. The molecule has 0 bridgehead atoms. The third-order valence-corrected chi connectivity index (χ3v) is 4.70. The van der Waals surface area contributed by atoms with Gasteiger partial charge < -0.3 is 10.0 Å². The van der Waals surface area contributed by atoms with Crippen molar-refractivity contribution in [2.75, 3.05) is 13.1 Å². The van der Waals surface area contributed by atoms with Crippen molar-refractivity contribution >= 4 is 11.9 Å². The zero-order chi connectivity index (χ0) is 16.5. The first-order valence-corrected chi connectivity index (χ1v) is 7.87. The second-order valence-electron chi connectivity index (χ2n) is 6.31. The van der Waals surface area contributed by atoms with Crippen LogP contribution in [0.15, 0.2) is 0 Å². The van der Waals surface area contributed by atoms with Crippen LogP contribution in [0.2, 0.25) is 0 Å². The largest absolute Gasteiger partial charge is 0.481 e. The molecule has 0 spiro atoms. The fourth-order valence-electron chi connectivity index (χ4n) is 3.21. The maximum absolute atomic E-state index is 12.6. The molecule has 0 aromatic carbocycles. The van der Waals surface area contributed by atoms with Gasteiger partial charge in [-0.1, -0.05) is 13.8 Å².